The summed E-state index contributed by atoms with van der Waals surface area (Å²) in [6.07, 6.45) is 4.22. The number of nitrogens with zero attached hydrogens (tertiary/aromatic N) is 1. The molecule has 0 saturated carbocycles. The Morgan fingerprint density at radius 1 is 1.23 bits per heavy atom. The molecule has 0 spiro atoms. The molecule has 5 nitrogen and oxygen atoms in total. The van der Waals surface area contributed by atoms with Crippen molar-refractivity contribution in [3.8, 4) is 5.75 Å². The molecule has 1 aliphatic heterocycles. The van der Waals surface area contributed by atoms with Gasteiger partial charge in [-0.3, -0.25) is 4.79 Å². The Morgan fingerprint density at radius 3 is 2.65 bits per heavy atom. The van der Waals surface area contributed by atoms with Crippen LogP contribution in [-0.2, 0) is 16.0 Å². The van der Waals surface area contributed by atoms with E-state index in [4.69, 9.17) is 9.15 Å². The number of phenolic OH excluding ortho intramolecular Hbond substituents is 1. The molecule has 0 radical (unpaired) electrons. The van der Waals surface area contributed by atoms with Gasteiger partial charge < -0.3 is 19.2 Å². The number of aromatic hydroxyl groups is 1. The summed E-state index contributed by atoms with van der Waals surface area (Å²) in [6, 6.07) is 10.6. The largest absolute Gasteiger partial charge is 0.508 e. The molecule has 1 aromatic carbocycles. The third-order valence-corrected chi connectivity index (χ3v) is 5.05. The SMILES string of the molecule is CCc1ccc([C@@H]2CCCCCN2C(=O)[C@H](OC)c2ccc(O)cc2)o1. The number of hydrogen-bond acceptors (Lipinski definition) is 4. The van der Waals surface area contributed by atoms with E-state index in [2.05, 4.69) is 6.92 Å². The maximum Gasteiger partial charge on any atom is 0.256 e. The van der Waals surface area contributed by atoms with Crippen LogP contribution in [0.15, 0.2) is 40.8 Å². The number of carbonyl (C=O) groups excluding carboxylic acids is 1. The van der Waals surface area contributed by atoms with Crippen LogP contribution < -0.4 is 0 Å². The van der Waals surface area contributed by atoms with E-state index in [9.17, 15) is 9.90 Å². The second kappa shape index (κ2) is 8.41. The second-order valence-corrected chi connectivity index (χ2v) is 6.76. The van der Waals surface area contributed by atoms with Gasteiger partial charge in [-0.25, -0.2) is 0 Å². The Bertz CT molecular complexity index is 722. The molecule has 1 aromatic heterocycles. The molecule has 140 valence electrons. The number of amides is 1. The van der Waals surface area contributed by atoms with Crippen molar-refractivity contribution in [2.75, 3.05) is 13.7 Å². The highest BCUT2D eigenvalue weighted by Crippen LogP contribution is 2.34. The molecule has 0 unspecified atom stereocenters. The second-order valence-electron chi connectivity index (χ2n) is 6.76. The number of methoxy groups -OCH3 is 1. The van der Waals surface area contributed by atoms with Gasteiger partial charge in [0.25, 0.3) is 5.91 Å². The van der Waals surface area contributed by atoms with Crippen molar-refractivity contribution in [1.82, 2.24) is 4.90 Å². The first kappa shape index (κ1) is 18.5. The van der Waals surface area contributed by atoms with E-state index in [1.54, 1.807) is 31.4 Å². The lowest BCUT2D eigenvalue weighted by molar-refractivity contribution is -0.145. The molecule has 1 saturated heterocycles. The molecule has 2 aromatic rings. The van der Waals surface area contributed by atoms with E-state index in [0.29, 0.717) is 6.54 Å². The molecule has 5 heteroatoms. The zero-order valence-corrected chi connectivity index (χ0v) is 15.5. The first-order valence-corrected chi connectivity index (χ1v) is 9.34. The summed E-state index contributed by atoms with van der Waals surface area (Å²) in [4.78, 5) is 15.2. The topological polar surface area (TPSA) is 62.9 Å². The first-order chi connectivity index (χ1) is 12.6. The number of aryl methyl sites for hydroxylation is 1. The van der Waals surface area contributed by atoms with Crippen LogP contribution in [0, 0.1) is 0 Å². The van der Waals surface area contributed by atoms with Crippen LogP contribution in [0.1, 0.15) is 61.8 Å². The summed E-state index contributed by atoms with van der Waals surface area (Å²) >= 11 is 0. The van der Waals surface area contributed by atoms with Crippen molar-refractivity contribution in [2.45, 2.75) is 51.2 Å². The zero-order valence-electron chi connectivity index (χ0n) is 15.5. The minimum absolute atomic E-state index is 0.0555. The predicted molar refractivity (Wildman–Crippen MR) is 98.9 cm³/mol. The highest BCUT2D eigenvalue weighted by Gasteiger charge is 2.34. The molecule has 1 aliphatic rings. The fraction of sp³-hybridized carbons (Fsp3) is 0.476. The van der Waals surface area contributed by atoms with Gasteiger partial charge in [-0.2, -0.15) is 0 Å². The molecular formula is C21H27NO4. The summed E-state index contributed by atoms with van der Waals surface area (Å²) in [5, 5.41) is 9.50. The fourth-order valence-corrected chi connectivity index (χ4v) is 3.61. The van der Waals surface area contributed by atoms with Crippen molar-refractivity contribution < 1.29 is 19.1 Å². The highest BCUT2D eigenvalue weighted by molar-refractivity contribution is 5.82. The van der Waals surface area contributed by atoms with Gasteiger partial charge in [-0.05, 0) is 42.7 Å². The van der Waals surface area contributed by atoms with Crippen molar-refractivity contribution in [3.05, 3.63) is 53.5 Å². The smallest absolute Gasteiger partial charge is 0.256 e. The van der Waals surface area contributed by atoms with Gasteiger partial charge in [0, 0.05) is 20.1 Å². The average Bonchev–Trinajstić information content (AvgIpc) is 3.00. The Kier molecular flexibility index (Phi) is 5.99. The van der Waals surface area contributed by atoms with Gasteiger partial charge in [0.15, 0.2) is 6.10 Å². The maximum atomic E-state index is 13.3. The number of furan rings is 1. The van der Waals surface area contributed by atoms with Crippen LogP contribution in [0.3, 0.4) is 0 Å². The molecule has 0 aliphatic carbocycles. The lowest BCUT2D eigenvalue weighted by Crippen LogP contribution is -2.38. The van der Waals surface area contributed by atoms with Gasteiger partial charge in [0.05, 0.1) is 6.04 Å². The quantitative estimate of drug-likeness (QED) is 0.862. The Hall–Kier alpha value is -2.27. The predicted octanol–water partition coefficient (Wildman–Crippen LogP) is 4.38. The van der Waals surface area contributed by atoms with Crippen LogP contribution in [-0.4, -0.2) is 29.6 Å². The summed E-state index contributed by atoms with van der Waals surface area (Å²) in [5.41, 5.74) is 0.743. The summed E-state index contributed by atoms with van der Waals surface area (Å²) in [6.45, 7) is 2.76. The number of benzene rings is 1. The van der Waals surface area contributed by atoms with E-state index in [1.165, 1.54) is 0 Å². The third kappa shape index (κ3) is 3.93. The third-order valence-electron chi connectivity index (χ3n) is 5.05. The maximum absolute atomic E-state index is 13.3. The van der Waals surface area contributed by atoms with Crippen LogP contribution >= 0.6 is 0 Å². The van der Waals surface area contributed by atoms with Gasteiger partial charge in [0.2, 0.25) is 0 Å². The molecule has 0 bridgehead atoms. The Labute approximate surface area is 154 Å². The van der Waals surface area contributed by atoms with Crippen LogP contribution in [0.25, 0.3) is 0 Å². The van der Waals surface area contributed by atoms with Gasteiger partial charge >= 0.3 is 0 Å². The van der Waals surface area contributed by atoms with Crippen LogP contribution in [0.2, 0.25) is 0 Å². The van der Waals surface area contributed by atoms with E-state index in [-0.39, 0.29) is 17.7 Å². The molecule has 1 amide bonds. The number of phenols is 1. The normalized spacial score (nSPS) is 19.2. The molecule has 1 fully saturated rings. The number of likely N-dealkylation sites (tertiary alicyclic amines) is 1. The Balaban J connectivity index is 1.88. The molecule has 2 heterocycles. The molecule has 2 atom stereocenters. The first-order valence-electron chi connectivity index (χ1n) is 9.34. The number of ether oxygens (including phenoxy) is 1. The molecular weight excluding hydrogens is 330 g/mol. The lowest BCUT2D eigenvalue weighted by Gasteiger charge is -2.31. The van der Waals surface area contributed by atoms with Gasteiger partial charge in [-0.1, -0.05) is 31.9 Å². The fourth-order valence-electron chi connectivity index (χ4n) is 3.61. The van der Waals surface area contributed by atoms with Crippen LogP contribution in [0.5, 0.6) is 5.75 Å². The number of rotatable bonds is 5. The minimum atomic E-state index is -0.684. The number of hydrogen-bond donors (Lipinski definition) is 1. The van der Waals surface area contributed by atoms with Crippen molar-refractivity contribution in [2.24, 2.45) is 0 Å². The van der Waals surface area contributed by atoms with Gasteiger partial charge in [0.1, 0.15) is 17.3 Å². The summed E-state index contributed by atoms with van der Waals surface area (Å²) in [5.74, 6) is 1.92. The summed E-state index contributed by atoms with van der Waals surface area (Å²) in [7, 11) is 1.55. The lowest BCUT2D eigenvalue weighted by atomic mass is 10.0. The van der Waals surface area contributed by atoms with Gasteiger partial charge in [-0.15, -0.1) is 0 Å². The van der Waals surface area contributed by atoms with Crippen LogP contribution in [0.4, 0.5) is 0 Å². The van der Waals surface area contributed by atoms with E-state index in [1.807, 2.05) is 17.0 Å². The zero-order chi connectivity index (χ0) is 18.5. The Morgan fingerprint density at radius 2 is 2.00 bits per heavy atom. The standard InChI is InChI=1S/C21H27NO4/c1-3-17-12-13-19(26-17)18-7-5-4-6-14-22(18)21(24)20(25-2)15-8-10-16(23)11-9-15/h8-13,18,20,23H,3-7,14H2,1-2H3/t18-,20+/m0/s1. The summed E-state index contributed by atoms with van der Waals surface area (Å²) < 4.78 is 11.5. The number of carbonyl (C=O) groups is 1. The van der Waals surface area contributed by atoms with E-state index >= 15 is 0 Å². The average molecular weight is 357 g/mol. The molecule has 26 heavy (non-hydrogen) atoms. The molecule has 1 N–H and O–H groups in total. The molecule has 3 rings (SSSR count). The monoisotopic (exact) mass is 357 g/mol. The van der Waals surface area contributed by atoms with Crippen molar-refractivity contribution in [3.63, 3.8) is 0 Å². The minimum Gasteiger partial charge on any atom is -0.508 e. The van der Waals surface area contributed by atoms with Crippen molar-refractivity contribution in [1.29, 1.82) is 0 Å². The van der Waals surface area contributed by atoms with Crippen molar-refractivity contribution >= 4 is 5.91 Å². The highest BCUT2D eigenvalue weighted by atomic mass is 16.5. The van der Waals surface area contributed by atoms with E-state index < -0.39 is 6.10 Å². The van der Waals surface area contributed by atoms with E-state index in [0.717, 1.165) is 49.2 Å².